The maximum absolute atomic E-state index is 12.3. The van der Waals surface area contributed by atoms with Gasteiger partial charge >= 0.3 is 6.03 Å². The Balaban J connectivity index is 2.45. The minimum atomic E-state index is -0.735. The van der Waals surface area contributed by atoms with Crippen molar-refractivity contribution in [2.24, 2.45) is 0 Å². The molecule has 0 atom stereocenters. The number of amides is 4. The van der Waals surface area contributed by atoms with Crippen molar-refractivity contribution in [3.8, 4) is 0 Å². The molecule has 0 saturated carbocycles. The maximum Gasteiger partial charge on any atom is 0.335 e. The molecule has 1 fully saturated rings. The molecule has 20 heavy (non-hydrogen) atoms. The molecule has 0 aliphatic carbocycles. The summed E-state index contributed by atoms with van der Waals surface area (Å²) >= 11 is 0. The number of hydrogen-bond acceptors (Lipinski definition) is 4. The van der Waals surface area contributed by atoms with Gasteiger partial charge in [-0.2, -0.15) is 0 Å². The zero-order chi connectivity index (χ0) is 14.9. The van der Waals surface area contributed by atoms with E-state index in [1.54, 1.807) is 37.2 Å². The summed E-state index contributed by atoms with van der Waals surface area (Å²) in [5.41, 5.74) is 1.28. The van der Waals surface area contributed by atoms with Gasteiger partial charge in [0.05, 0.1) is 5.69 Å². The first kappa shape index (κ1) is 13.8. The number of urea groups is 1. The molecule has 1 saturated heterocycles. The number of barbiturate groups is 1. The summed E-state index contributed by atoms with van der Waals surface area (Å²) in [4.78, 5) is 38.5. The van der Waals surface area contributed by atoms with E-state index in [9.17, 15) is 14.4 Å². The molecule has 104 valence electrons. The highest BCUT2D eigenvalue weighted by Crippen LogP contribution is 2.21. The van der Waals surface area contributed by atoms with Gasteiger partial charge in [-0.3, -0.25) is 14.9 Å². The molecule has 1 aliphatic rings. The van der Waals surface area contributed by atoms with E-state index in [4.69, 9.17) is 0 Å². The highest BCUT2D eigenvalue weighted by Gasteiger charge is 2.36. The third kappa shape index (κ3) is 2.54. The SMILES string of the molecule is Cc1cccc(N2C(=O)NC(=O)/C(=C/N(C)C)C2=O)c1. The van der Waals surface area contributed by atoms with Gasteiger partial charge in [0.1, 0.15) is 5.57 Å². The van der Waals surface area contributed by atoms with Gasteiger partial charge < -0.3 is 4.90 Å². The Hall–Kier alpha value is -2.63. The van der Waals surface area contributed by atoms with Crippen LogP contribution in [0.4, 0.5) is 10.5 Å². The van der Waals surface area contributed by atoms with E-state index >= 15 is 0 Å². The number of rotatable bonds is 2. The number of carbonyl (C=O) groups is 3. The topological polar surface area (TPSA) is 69.7 Å². The lowest BCUT2D eigenvalue weighted by Gasteiger charge is -2.27. The largest absolute Gasteiger partial charge is 0.383 e. The second-order valence-electron chi connectivity index (χ2n) is 4.75. The highest BCUT2D eigenvalue weighted by molar-refractivity contribution is 6.37. The number of carbonyl (C=O) groups excluding carboxylic acids is 3. The van der Waals surface area contributed by atoms with Crippen LogP contribution >= 0.6 is 0 Å². The fraction of sp³-hybridized carbons (Fsp3) is 0.214. The Morgan fingerprint density at radius 3 is 2.50 bits per heavy atom. The van der Waals surface area contributed by atoms with Crippen LogP contribution in [0.15, 0.2) is 36.0 Å². The highest BCUT2D eigenvalue weighted by atomic mass is 16.2. The van der Waals surface area contributed by atoms with Crippen LogP contribution in [0.1, 0.15) is 5.56 Å². The number of nitrogens with zero attached hydrogens (tertiary/aromatic N) is 2. The molecule has 1 aromatic carbocycles. The summed E-state index contributed by atoms with van der Waals surface area (Å²) in [7, 11) is 3.39. The summed E-state index contributed by atoms with van der Waals surface area (Å²) < 4.78 is 0. The molecule has 0 unspecified atom stereocenters. The molecule has 6 heteroatoms. The summed E-state index contributed by atoms with van der Waals surface area (Å²) in [6.45, 7) is 1.86. The van der Waals surface area contributed by atoms with E-state index in [0.29, 0.717) is 5.69 Å². The monoisotopic (exact) mass is 273 g/mol. The molecule has 0 bridgehead atoms. The Kier molecular flexibility index (Phi) is 3.56. The van der Waals surface area contributed by atoms with Gasteiger partial charge in [-0.1, -0.05) is 12.1 Å². The third-order valence-corrected chi connectivity index (χ3v) is 2.75. The van der Waals surface area contributed by atoms with Crippen molar-refractivity contribution in [2.45, 2.75) is 6.92 Å². The maximum atomic E-state index is 12.3. The van der Waals surface area contributed by atoms with Gasteiger partial charge in [0.25, 0.3) is 11.8 Å². The van der Waals surface area contributed by atoms with E-state index in [-0.39, 0.29) is 5.57 Å². The minimum Gasteiger partial charge on any atom is -0.383 e. The van der Waals surface area contributed by atoms with Gasteiger partial charge in [0.2, 0.25) is 0 Å². The van der Waals surface area contributed by atoms with Crippen molar-refractivity contribution >= 4 is 23.5 Å². The van der Waals surface area contributed by atoms with Crippen molar-refractivity contribution in [3.63, 3.8) is 0 Å². The van der Waals surface area contributed by atoms with Crippen LogP contribution in [0, 0.1) is 6.92 Å². The molecule has 0 aromatic heterocycles. The molecular weight excluding hydrogens is 258 g/mol. The first-order valence-corrected chi connectivity index (χ1v) is 6.05. The predicted molar refractivity (Wildman–Crippen MR) is 74.0 cm³/mol. The van der Waals surface area contributed by atoms with Gasteiger partial charge in [-0.25, -0.2) is 9.69 Å². The zero-order valence-electron chi connectivity index (χ0n) is 11.5. The van der Waals surface area contributed by atoms with E-state index in [1.165, 1.54) is 6.20 Å². The number of nitrogens with one attached hydrogen (secondary N) is 1. The van der Waals surface area contributed by atoms with Crippen LogP contribution in [-0.2, 0) is 9.59 Å². The van der Waals surface area contributed by atoms with E-state index in [0.717, 1.165) is 10.5 Å². The number of benzene rings is 1. The summed E-state index contributed by atoms with van der Waals surface area (Å²) in [5, 5.41) is 2.17. The molecule has 0 spiro atoms. The third-order valence-electron chi connectivity index (χ3n) is 2.75. The molecule has 0 radical (unpaired) electrons. The lowest BCUT2D eigenvalue weighted by molar-refractivity contribution is -0.122. The zero-order valence-corrected chi connectivity index (χ0v) is 11.5. The number of anilines is 1. The standard InChI is InChI=1S/C14H15N3O3/c1-9-5-4-6-10(7-9)17-13(19)11(8-16(2)3)12(18)15-14(17)20/h4-8H,1-3H3,(H,15,18,20)/b11-8-. The smallest absolute Gasteiger partial charge is 0.335 e. The second-order valence-corrected chi connectivity index (χ2v) is 4.75. The van der Waals surface area contributed by atoms with Crippen LogP contribution in [0.25, 0.3) is 0 Å². The Morgan fingerprint density at radius 1 is 1.20 bits per heavy atom. The number of aryl methyl sites for hydroxylation is 1. The Morgan fingerprint density at radius 2 is 1.90 bits per heavy atom. The van der Waals surface area contributed by atoms with E-state index in [1.807, 2.05) is 13.0 Å². The summed E-state index contributed by atoms with van der Waals surface area (Å²) in [5.74, 6) is -1.31. The lowest BCUT2D eigenvalue weighted by Crippen LogP contribution is -2.54. The van der Waals surface area contributed by atoms with Crippen LogP contribution in [0.5, 0.6) is 0 Å². The fourth-order valence-electron chi connectivity index (χ4n) is 1.90. The number of hydrogen-bond donors (Lipinski definition) is 1. The Bertz CT molecular complexity index is 620. The average molecular weight is 273 g/mol. The first-order valence-electron chi connectivity index (χ1n) is 6.05. The molecule has 4 amide bonds. The molecule has 1 N–H and O–H groups in total. The summed E-state index contributed by atoms with van der Waals surface area (Å²) in [6, 6.07) is 6.23. The summed E-state index contributed by atoms with van der Waals surface area (Å²) in [6.07, 6.45) is 1.40. The number of imide groups is 2. The van der Waals surface area contributed by atoms with Gasteiger partial charge in [0.15, 0.2) is 0 Å². The van der Waals surface area contributed by atoms with Gasteiger partial charge in [0, 0.05) is 20.3 Å². The van der Waals surface area contributed by atoms with Crippen molar-refractivity contribution < 1.29 is 14.4 Å². The van der Waals surface area contributed by atoms with Crippen molar-refractivity contribution in [3.05, 3.63) is 41.6 Å². The molecule has 1 heterocycles. The Labute approximate surface area is 116 Å². The van der Waals surface area contributed by atoms with Crippen LogP contribution < -0.4 is 10.2 Å². The van der Waals surface area contributed by atoms with Crippen LogP contribution in [-0.4, -0.2) is 36.8 Å². The molecule has 6 nitrogen and oxygen atoms in total. The quantitative estimate of drug-likeness (QED) is 0.645. The molecule has 2 rings (SSSR count). The lowest BCUT2D eigenvalue weighted by atomic mass is 10.1. The van der Waals surface area contributed by atoms with Crippen molar-refractivity contribution in [2.75, 3.05) is 19.0 Å². The second kappa shape index (κ2) is 5.16. The normalized spacial score (nSPS) is 17.4. The fourth-order valence-corrected chi connectivity index (χ4v) is 1.90. The van der Waals surface area contributed by atoms with Crippen molar-refractivity contribution in [1.29, 1.82) is 0 Å². The predicted octanol–water partition coefficient (Wildman–Crippen LogP) is 1.02. The molecule has 1 aromatic rings. The van der Waals surface area contributed by atoms with Crippen LogP contribution in [0.2, 0.25) is 0 Å². The molecule has 1 aliphatic heterocycles. The average Bonchev–Trinajstić information content (AvgIpc) is 2.34. The van der Waals surface area contributed by atoms with E-state index in [2.05, 4.69) is 5.32 Å². The van der Waals surface area contributed by atoms with E-state index < -0.39 is 17.8 Å². The minimum absolute atomic E-state index is 0.0730. The van der Waals surface area contributed by atoms with Crippen LogP contribution in [0.3, 0.4) is 0 Å². The first-order chi connectivity index (χ1) is 9.40. The van der Waals surface area contributed by atoms with Gasteiger partial charge in [-0.05, 0) is 24.6 Å². The van der Waals surface area contributed by atoms with Crippen molar-refractivity contribution in [1.82, 2.24) is 10.2 Å². The molecular formula is C14H15N3O3. The van der Waals surface area contributed by atoms with Gasteiger partial charge in [-0.15, -0.1) is 0 Å².